The van der Waals surface area contributed by atoms with E-state index >= 15 is 0 Å². The Balaban J connectivity index is 2.36. The van der Waals surface area contributed by atoms with Crippen LogP contribution < -0.4 is 0 Å². The lowest BCUT2D eigenvalue weighted by Gasteiger charge is -2.09. The van der Waals surface area contributed by atoms with Crippen LogP contribution in [0.5, 0.6) is 11.5 Å². The van der Waals surface area contributed by atoms with E-state index in [-0.39, 0.29) is 11.5 Å². The van der Waals surface area contributed by atoms with Gasteiger partial charge in [-0.1, -0.05) is 50.1 Å². The van der Waals surface area contributed by atoms with Crippen LogP contribution in [0.4, 0.5) is 0 Å². The number of unbranched alkanes of at least 4 members (excludes halogenated alkanes) is 2. The monoisotopic (exact) mass is 268 g/mol. The van der Waals surface area contributed by atoms with Crippen molar-refractivity contribution in [3.05, 3.63) is 65.7 Å². The van der Waals surface area contributed by atoms with Crippen molar-refractivity contribution in [2.24, 2.45) is 0 Å². The summed E-state index contributed by atoms with van der Waals surface area (Å²) in [5.74, 6) is 0.541. The van der Waals surface area contributed by atoms with Crippen LogP contribution in [-0.2, 0) is 0 Å². The fourth-order valence-electron chi connectivity index (χ4n) is 2.13. The van der Waals surface area contributed by atoms with Gasteiger partial charge in [-0.05, 0) is 47.4 Å². The van der Waals surface area contributed by atoms with Gasteiger partial charge in [0.15, 0.2) is 0 Å². The van der Waals surface area contributed by atoms with Crippen molar-refractivity contribution in [1.82, 2.24) is 0 Å². The second-order valence-corrected chi connectivity index (χ2v) is 4.85. The fraction of sp³-hybridized carbons (Fsp3) is 0.222. The number of hydrogen-bond acceptors (Lipinski definition) is 2. The van der Waals surface area contributed by atoms with Crippen molar-refractivity contribution in [1.29, 1.82) is 0 Å². The Labute approximate surface area is 120 Å². The largest absolute Gasteiger partial charge is 0.508 e. The van der Waals surface area contributed by atoms with Crippen LogP contribution in [0.25, 0.3) is 5.57 Å². The molecule has 2 aromatic carbocycles. The molecule has 0 fully saturated rings. The second kappa shape index (κ2) is 6.80. The maximum Gasteiger partial charge on any atom is 0.115 e. The zero-order chi connectivity index (χ0) is 14.4. The first-order valence-corrected chi connectivity index (χ1v) is 6.99. The lowest BCUT2D eigenvalue weighted by Crippen LogP contribution is -1.88. The van der Waals surface area contributed by atoms with Gasteiger partial charge in [-0.15, -0.1) is 0 Å². The van der Waals surface area contributed by atoms with E-state index in [1.165, 1.54) is 0 Å². The topological polar surface area (TPSA) is 40.5 Å². The Morgan fingerprint density at radius 3 is 1.70 bits per heavy atom. The molecule has 0 bridgehead atoms. The van der Waals surface area contributed by atoms with Crippen LogP contribution in [0.15, 0.2) is 54.6 Å². The van der Waals surface area contributed by atoms with Crippen molar-refractivity contribution in [3.8, 4) is 11.5 Å². The molecule has 0 aliphatic carbocycles. The first-order chi connectivity index (χ1) is 9.70. The molecular weight excluding hydrogens is 248 g/mol. The highest BCUT2D eigenvalue weighted by Crippen LogP contribution is 2.27. The summed E-state index contributed by atoms with van der Waals surface area (Å²) in [6.45, 7) is 2.18. The summed E-state index contributed by atoms with van der Waals surface area (Å²) in [5.41, 5.74) is 3.28. The number of allylic oxidation sites excluding steroid dienone is 1. The van der Waals surface area contributed by atoms with Gasteiger partial charge < -0.3 is 10.2 Å². The predicted molar refractivity (Wildman–Crippen MR) is 82.8 cm³/mol. The third-order valence-corrected chi connectivity index (χ3v) is 3.26. The average molecular weight is 268 g/mol. The molecule has 0 spiro atoms. The fourth-order valence-corrected chi connectivity index (χ4v) is 2.13. The number of phenolic OH excluding ortho intramolecular Hbond substituents is 2. The molecule has 0 aliphatic heterocycles. The number of aromatic hydroxyl groups is 2. The van der Waals surface area contributed by atoms with E-state index in [1.807, 2.05) is 24.3 Å². The molecule has 2 aromatic rings. The van der Waals surface area contributed by atoms with Gasteiger partial charge in [-0.25, -0.2) is 0 Å². The minimum atomic E-state index is 0.271. The normalized spacial score (nSPS) is 10.2. The van der Waals surface area contributed by atoms with Gasteiger partial charge in [0.05, 0.1) is 0 Å². The standard InChI is InChI=1S/C18H20O2/c1-2-3-4-5-18(14-6-10-16(19)11-7-14)15-8-12-17(20)13-9-15/h5-13,19-20H,2-4H2,1H3. The van der Waals surface area contributed by atoms with Gasteiger partial charge in [0.25, 0.3) is 0 Å². The Morgan fingerprint density at radius 1 is 0.850 bits per heavy atom. The highest BCUT2D eigenvalue weighted by molar-refractivity contribution is 5.80. The molecule has 2 nitrogen and oxygen atoms in total. The summed E-state index contributed by atoms with van der Waals surface area (Å²) in [6, 6.07) is 14.5. The summed E-state index contributed by atoms with van der Waals surface area (Å²) in [7, 11) is 0. The summed E-state index contributed by atoms with van der Waals surface area (Å²) in [5, 5.41) is 18.8. The molecule has 2 N–H and O–H groups in total. The van der Waals surface area contributed by atoms with Gasteiger partial charge in [0, 0.05) is 0 Å². The Morgan fingerprint density at radius 2 is 1.30 bits per heavy atom. The van der Waals surface area contributed by atoms with Crippen LogP contribution in [-0.4, -0.2) is 10.2 Å². The number of rotatable bonds is 5. The molecule has 0 unspecified atom stereocenters. The summed E-state index contributed by atoms with van der Waals surface area (Å²) >= 11 is 0. The summed E-state index contributed by atoms with van der Waals surface area (Å²) in [6.07, 6.45) is 5.56. The molecule has 20 heavy (non-hydrogen) atoms. The van der Waals surface area contributed by atoms with Crippen molar-refractivity contribution in [2.75, 3.05) is 0 Å². The lowest BCUT2D eigenvalue weighted by atomic mass is 9.96. The molecule has 0 radical (unpaired) electrons. The molecule has 0 heterocycles. The quantitative estimate of drug-likeness (QED) is 0.770. The zero-order valence-electron chi connectivity index (χ0n) is 11.7. The molecule has 104 valence electrons. The van der Waals surface area contributed by atoms with E-state index in [1.54, 1.807) is 24.3 Å². The Kier molecular flexibility index (Phi) is 4.83. The minimum absolute atomic E-state index is 0.271. The third-order valence-electron chi connectivity index (χ3n) is 3.26. The van der Waals surface area contributed by atoms with Crippen LogP contribution in [0, 0.1) is 0 Å². The van der Waals surface area contributed by atoms with Crippen molar-refractivity contribution in [3.63, 3.8) is 0 Å². The van der Waals surface area contributed by atoms with Gasteiger partial charge >= 0.3 is 0 Å². The van der Waals surface area contributed by atoms with E-state index in [0.29, 0.717) is 0 Å². The molecule has 0 saturated carbocycles. The summed E-state index contributed by atoms with van der Waals surface area (Å²) < 4.78 is 0. The Bertz CT molecular complexity index is 518. The molecule has 0 atom stereocenters. The maximum absolute atomic E-state index is 9.41. The number of hydrogen-bond donors (Lipinski definition) is 2. The van der Waals surface area contributed by atoms with Gasteiger partial charge in [-0.2, -0.15) is 0 Å². The molecule has 0 saturated heterocycles. The second-order valence-electron chi connectivity index (χ2n) is 4.85. The Hall–Kier alpha value is -2.22. The molecular formula is C18H20O2. The van der Waals surface area contributed by atoms with E-state index < -0.39 is 0 Å². The van der Waals surface area contributed by atoms with Gasteiger partial charge in [0.1, 0.15) is 11.5 Å². The van der Waals surface area contributed by atoms with Crippen molar-refractivity contribution >= 4 is 5.57 Å². The van der Waals surface area contributed by atoms with Crippen LogP contribution >= 0.6 is 0 Å². The first-order valence-electron chi connectivity index (χ1n) is 6.99. The highest BCUT2D eigenvalue weighted by atomic mass is 16.3. The van der Waals surface area contributed by atoms with Gasteiger partial charge in [-0.3, -0.25) is 0 Å². The van der Waals surface area contributed by atoms with E-state index in [9.17, 15) is 10.2 Å². The van der Waals surface area contributed by atoms with Crippen LogP contribution in [0.1, 0.15) is 37.3 Å². The molecule has 0 aliphatic rings. The average Bonchev–Trinajstić information content (AvgIpc) is 2.46. The van der Waals surface area contributed by atoms with Crippen molar-refractivity contribution < 1.29 is 10.2 Å². The first kappa shape index (κ1) is 14.2. The molecule has 0 amide bonds. The molecule has 2 rings (SSSR count). The smallest absolute Gasteiger partial charge is 0.115 e. The highest BCUT2D eigenvalue weighted by Gasteiger charge is 2.05. The zero-order valence-corrected chi connectivity index (χ0v) is 11.7. The lowest BCUT2D eigenvalue weighted by molar-refractivity contribution is 0.475. The minimum Gasteiger partial charge on any atom is -0.508 e. The van der Waals surface area contributed by atoms with Crippen molar-refractivity contribution in [2.45, 2.75) is 26.2 Å². The number of benzene rings is 2. The maximum atomic E-state index is 9.41. The SMILES string of the molecule is CCCCC=C(c1ccc(O)cc1)c1ccc(O)cc1. The van der Waals surface area contributed by atoms with Gasteiger partial charge in [0.2, 0.25) is 0 Å². The summed E-state index contributed by atoms with van der Waals surface area (Å²) in [4.78, 5) is 0. The molecule has 2 heteroatoms. The molecule has 0 aromatic heterocycles. The predicted octanol–water partition coefficient (Wildman–Crippen LogP) is 4.72. The van der Waals surface area contributed by atoms with E-state index in [0.717, 1.165) is 36.0 Å². The van der Waals surface area contributed by atoms with E-state index in [2.05, 4.69) is 13.0 Å². The van der Waals surface area contributed by atoms with E-state index in [4.69, 9.17) is 0 Å². The van der Waals surface area contributed by atoms with Crippen LogP contribution in [0.3, 0.4) is 0 Å². The number of phenols is 2. The van der Waals surface area contributed by atoms with Crippen LogP contribution in [0.2, 0.25) is 0 Å². The third kappa shape index (κ3) is 3.64.